The summed E-state index contributed by atoms with van der Waals surface area (Å²) in [5.74, 6) is 1.87. The molecule has 4 nitrogen and oxygen atoms in total. The van der Waals surface area contributed by atoms with Crippen LogP contribution in [0.25, 0.3) is 89.5 Å². The summed E-state index contributed by atoms with van der Waals surface area (Å²) in [5, 5.41) is 2.17. The van der Waals surface area contributed by atoms with Gasteiger partial charge in [0.1, 0.15) is 11.2 Å². The number of fused-ring (bicyclic) bond motifs is 8. The molecule has 262 valence electrons. The quantitative estimate of drug-likeness (QED) is 0.179. The number of aromatic nitrogens is 3. The molecule has 7 aromatic carbocycles. The summed E-state index contributed by atoms with van der Waals surface area (Å²) in [5.41, 5.74) is 15.2. The molecule has 1 saturated carbocycles. The van der Waals surface area contributed by atoms with Crippen molar-refractivity contribution >= 4 is 21.9 Å². The van der Waals surface area contributed by atoms with Crippen LogP contribution in [0.1, 0.15) is 43.2 Å². The van der Waals surface area contributed by atoms with Crippen molar-refractivity contribution in [1.82, 2.24) is 15.0 Å². The van der Waals surface area contributed by atoms with Crippen LogP contribution in [0, 0.1) is 0 Å². The molecule has 0 unspecified atom stereocenters. The molecule has 11 rings (SSSR count). The molecule has 0 N–H and O–H groups in total. The van der Waals surface area contributed by atoms with Gasteiger partial charge in [0.15, 0.2) is 17.5 Å². The van der Waals surface area contributed by atoms with Gasteiger partial charge in [0.05, 0.1) is 0 Å². The Morgan fingerprint density at radius 3 is 1.64 bits per heavy atom. The SMILES string of the molecule is c1ccc(-c2ccc(-c3nc(-c4ccc(-c5ccc6c(c5)C5(CCCCC5)c5ccccc5-6)cc4)nc(-c4ccc5c(c4)oc4ccccc45)n3)cc2)cc1. The smallest absolute Gasteiger partial charge is 0.164 e. The first kappa shape index (κ1) is 31.8. The third kappa shape index (κ3) is 5.32. The minimum absolute atomic E-state index is 0.127. The zero-order valence-corrected chi connectivity index (χ0v) is 30.4. The maximum Gasteiger partial charge on any atom is 0.164 e. The Labute approximate surface area is 320 Å². The Morgan fingerprint density at radius 1 is 0.364 bits per heavy atom. The molecule has 0 amide bonds. The van der Waals surface area contributed by atoms with Gasteiger partial charge >= 0.3 is 0 Å². The van der Waals surface area contributed by atoms with E-state index in [2.05, 4.69) is 133 Å². The van der Waals surface area contributed by atoms with Crippen LogP contribution >= 0.6 is 0 Å². The third-order valence-electron chi connectivity index (χ3n) is 12.0. The zero-order valence-electron chi connectivity index (χ0n) is 30.4. The van der Waals surface area contributed by atoms with Gasteiger partial charge in [-0.05, 0) is 81.6 Å². The van der Waals surface area contributed by atoms with E-state index >= 15 is 0 Å². The van der Waals surface area contributed by atoms with E-state index in [-0.39, 0.29) is 5.41 Å². The van der Waals surface area contributed by atoms with E-state index in [1.54, 1.807) is 0 Å². The number of para-hydroxylation sites is 1. The summed E-state index contributed by atoms with van der Waals surface area (Å²) in [6.45, 7) is 0. The molecule has 2 aliphatic carbocycles. The predicted molar refractivity (Wildman–Crippen MR) is 224 cm³/mol. The molecule has 1 spiro atoms. The third-order valence-corrected chi connectivity index (χ3v) is 12.0. The van der Waals surface area contributed by atoms with Crippen LogP contribution in [0.2, 0.25) is 0 Å². The minimum Gasteiger partial charge on any atom is -0.456 e. The molecule has 0 atom stereocenters. The van der Waals surface area contributed by atoms with Crippen molar-refractivity contribution in [3.05, 3.63) is 175 Å². The van der Waals surface area contributed by atoms with Crippen molar-refractivity contribution in [2.75, 3.05) is 0 Å². The van der Waals surface area contributed by atoms with Crippen LogP contribution < -0.4 is 0 Å². The summed E-state index contributed by atoms with van der Waals surface area (Å²) in [6, 6.07) is 58.2. The number of furan rings is 1. The van der Waals surface area contributed by atoms with Crippen LogP contribution in [0.15, 0.2) is 168 Å². The molecule has 2 heterocycles. The highest BCUT2D eigenvalue weighted by Gasteiger charge is 2.43. The number of rotatable bonds is 5. The van der Waals surface area contributed by atoms with Gasteiger partial charge < -0.3 is 4.42 Å². The maximum absolute atomic E-state index is 6.27. The Bertz CT molecular complexity index is 2880. The van der Waals surface area contributed by atoms with Gasteiger partial charge in [0.25, 0.3) is 0 Å². The summed E-state index contributed by atoms with van der Waals surface area (Å²) in [7, 11) is 0. The molecule has 2 aliphatic rings. The largest absolute Gasteiger partial charge is 0.456 e. The van der Waals surface area contributed by atoms with Crippen molar-refractivity contribution in [2.24, 2.45) is 0 Å². The average Bonchev–Trinajstić information content (AvgIpc) is 3.76. The summed E-state index contributed by atoms with van der Waals surface area (Å²) in [6.07, 6.45) is 6.34. The van der Waals surface area contributed by atoms with Gasteiger partial charge in [-0.2, -0.15) is 0 Å². The zero-order chi connectivity index (χ0) is 36.3. The lowest BCUT2D eigenvalue weighted by atomic mass is 9.67. The molecular weight excluding hydrogens is 671 g/mol. The minimum atomic E-state index is 0.127. The molecule has 0 saturated heterocycles. The molecular formula is C51H37N3O. The van der Waals surface area contributed by atoms with Gasteiger partial charge in [0, 0.05) is 32.9 Å². The van der Waals surface area contributed by atoms with E-state index in [9.17, 15) is 0 Å². The monoisotopic (exact) mass is 707 g/mol. The highest BCUT2D eigenvalue weighted by molar-refractivity contribution is 6.05. The van der Waals surface area contributed by atoms with Gasteiger partial charge in [-0.15, -0.1) is 0 Å². The first-order valence-electron chi connectivity index (χ1n) is 19.4. The lowest BCUT2D eigenvalue weighted by Gasteiger charge is -2.36. The Balaban J connectivity index is 0.988. The predicted octanol–water partition coefficient (Wildman–Crippen LogP) is 13.3. The first-order valence-corrected chi connectivity index (χ1v) is 19.4. The summed E-state index contributed by atoms with van der Waals surface area (Å²) < 4.78 is 6.27. The Morgan fingerprint density at radius 2 is 0.891 bits per heavy atom. The van der Waals surface area contributed by atoms with Crippen LogP contribution in [0.4, 0.5) is 0 Å². The lowest BCUT2D eigenvalue weighted by Crippen LogP contribution is -2.28. The highest BCUT2D eigenvalue weighted by Crippen LogP contribution is 2.56. The van der Waals surface area contributed by atoms with E-state index in [1.807, 2.05) is 30.3 Å². The van der Waals surface area contributed by atoms with Crippen molar-refractivity contribution in [3.63, 3.8) is 0 Å². The lowest BCUT2D eigenvalue weighted by molar-refractivity contribution is 0.353. The second kappa shape index (κ2) is 12.7. The molecule has 0 radical (unpaired) electrons. The number of hydrogen-bond donors (Lipinski definition) is 0. The van der Waals surface area contributed by atoms with Gasteiger partial charge in [0.2, 0.25) is 0 Å². The molecule has 4 heteroatoms. The molecule has 0 bridgehead atoms. The molecule has 2 aromatic heterocycles. The van der Waals surface area contributed by atoms with E-state index < -0.39 is 0 Å². The molecule has 55 heavy (non-hydrogen) atoms. The first-order chi connectivity index (χ1) is 27.2. The van der Waals surface area contributed by atoms with Gasteiger partial charge in [-0.1, -0.05) is 159 Å². The van der Waals surface area contributed by atoms with Gasteiger partial charge in [-0.25, -0.2) is 15.0 Å². The fourth-order valence-electron chi connectivity index (χ4n) is 9.21. The average molecular weight is 708 g/mol. The number of nitrogens with zero attached hydrogens (tertiary/aromatic N) is 3. The van der Waals surface area contributed by atoms with E-state index in [1.165, 1.54) is 71.0 Å². The second-order valence-corrected chi connectivity index (χ2v) is 15.1. The fraction of sp³-hybridized carbons (Fsp3) is 0.118. The van der Waals surface area contributed by atoms with Gasteiger partial charge in [-0.3, -0.25) is 0 Å². The van der Waals surface area contributed by atoms with Crippen molar-refractivity contribution in [2.45, 2.75) is 37.5 Å². The van der Waals surface area contributed by atoms with Crippen LogP contribution in [0.5, 0.6) is 0 Å². The van der Waals surface area contributed by atoms with Crippen molar-refractivity contribution in [1.29, 1.82) is 0 Å². The van der Waals surface area contributed by atoms with Crippen LogP contribution in [-0.4, -0.2) is 15.0 Å². The maximum atomic E-state index is 6.27. The molecule has 1 fully saturated rings. The summed E-state index contributed by atoms with van der Waals surface area (Å²) in [4.78, 5) is 15.2. The van der Waals surface area contributed by atoms with Crippen LogP contribution in [-0.2, 0) is 5.41 Å². The fourth-order valence-corrected chi connectivity index (χ4v) is 9.21. The highest BCUT2D eigenvalue weighted by atomic mass is 16.3. The van der Waals surface area contributed by atoms with Crippen LogP contribution in [0.3, 0.4) is 0 Å². The Kier molecular flexibility index (Phi) is 7.38. The normalized spacial score (nSPS) is 14.3. The molecule has 9 aromatic rings. The second-order valence-electron chi connectivity index (χ2n) is 15.1. The topological polar surface area (TPSA) is 51.8 Å². The molecule has 0 aliphatic heterocycles. The number of hydrogen-bond acceptors (Lipinski definition) is 4. The standard InChI is InChI=1S/C51H37N3O/c1-3-11-33(12-4-1)34-17-21-36(22-18-34)48-52-49(54-50(53-48)39-26-28-43-42-14-6-8-16-46(42)55-47(43)32-39)37-23-19-35(20-24-37)38-25-27-41-40-13-5-7-15-44(40)51(45(41)31-38)29-9-2-10-30-51/h1,3-8,11-28,31-32H,2,9-10,29-30H2. The van der Waals surface area contributed by atoms with Crippen molar-refractivity contribution in [3.8, 4) is 67.5 Å². The number of benzene rings is 7. The van der Waals surface area contributed by atoms with E-state index in [4.69, 9.17) is 19.4 Å². The van der Waals surface area contributed by atoms with E-state index in [0.29, 0.717) is 17.5 Å². The van der Waals surface area contributed by atoms with E-state index in [0.717, 1.165) is 44.2 Å². The Hall–Kier alpha value is -6.65. The van der Waals surface area contributed by atoms with Crippen molar-refractivity contribution < 1.29 is 4.42 Å². The summed E-state index contributed by atoms with van der Waals surface area (Å²) >= 11 is 0.